The standard InChI is InChI=1S/C9H16N2O5/c1-10(4-8(13)14)9(15)11-2-3-16-6-7(11)5-12/h7,12H,2-6H2,1H3,(H,13,14). The van der Waals surface area contributed by atoms with E-state index in [1.807, 2.05) is 0 Å². The van der Waals surface area contributed by atoms with Gasteiger partial charge in [-0.15, -0.1) is 0 Å². The van der Waals surface area contributed by atoms with Crippen LogP contribution in [0.15, 0.2) is 0 Å². The second-order valence-electron chi connectivity index (χ2n) is 3.64. The van der Waals surface area contributed by atoms with E-state index in [4.69, 9.17) is 14.9 Å². The van der Waals surface area contributed by atoms with E-state index < -0.39 is 18.0 Å². The highest BCUT2D eigenvalue weighted by molar-refractivity contribution is 5.80. The lowest BCUT2D eigenvalue weighted by molar-refractivity contribution is -0.137. The number of rotatable bonds is 3. The largest absolute Gasteiger partial charge is 0.480 e. The summed E-state index contributed by atoms with van der Waals surface area (Å²) in [4.78, 5) is 24.8. The van der Waals surface area contributed by atoms with Gasteiger partial charge in [-0.1, -0.05) is 0 Å². The zero-order chi connectivity index (χ0) is 12.1. The maximum absolute atomic E-state index is 11.8. The SMILES string of the molecule is CN(CC(=O)O)C(=O)N1CCOCC1CO. The number of hydrogen-bond donors (Lipinski definition) is 2. The van der Waals surface area contributed by atoms with Crippen molar-refractivity contribution >= 4 is 12.0 Å². The van der Waals surface area contributed by atoms with Gasteiger partial charge in [0.2, 0.25) is 0 Å². The lowest BCUT2D eigenvalue weighted by atomic mass is 10.2. The Morgan fingerprint density at radius 2 is 2.25 bits per heavy atom. The Bertz CT molecular complexity index is 271. The van der Waals surface area contributed by atoms with Crippen molar-refractivity contribution in [2.24, 2.45) is 0 Å². The number of carboxylic acid groups (broad SMARTS) is 1. The van der Waals surface area contributed by atoms with Crippen LogP contribution in [0.4, 0.5) is 4.79 Å². The second kappa shape index (κ2) is 5.66. The van der Waals surface area contributed by atoms with Crippen LogP contribution >= 0.6 is 0 Å². The predicted octanol–water partition coefficient (Wildman–Crippen LogP) is -1.18. The topological polar surface area (TPSA) is 90.3 Å². The van der Waals surface area contributed by atoms with Gasteiger partial charge in [-0.05, 0) is 0 Å². The molecule has 0 spiro atoms. The molecule has 1 saturated heterocycles. The molecule has 2 N–H and O–H groups in total. The third kappa shape index (κ3) is 3.07. The first-order chi connectivity index (χ1) is 7.56. The smallest absolute Gasteiger partial charge is 0.323 e. The highest BCUT2D eigenvalue weighted by Gasteiger charge is 2.29. The molecule has 1 aliphatic rings. The Kier molecular flexibility index (Phi) is 4.51. The number of nitrogens with zero attached hydrogens (tertiary/aromatic N) is 2. The first-order valence-corrected chi connectivity index (χ1v) is 4.98. The van der Waals surface area contributed by atoms with Crippen molar-refractivity contribution < 1.29 is 24.5 Å². The number of carbonyl (C=O) groups excluding carboxylic acids is 1. The number of morpholine rings is 1. The zero-order valence-corrected chi connectivity index (χ0v) is 9.13. The fourth-order valence-corrected chi connectivity index (χ4v) is 1.55. The molecule has 7 nitrogen and oxygen atoms in total. The summed E-state index contributed by atoms with van der Waals surface area (Å²) in [5, 5.41) is 17.6. The number of carbonyl (C=O) groups is 2. The van der Waals surface area contributed by atoms with Crippen molar-refractivity contribution in [1.29, 1.82) is 0 Å². The number of amides is 2. The number of carboxylic acids is 1. The molecule has 1 rings (SSSR count). The average Bonchev–Trinajstić information content (AvgIpc) is 2.27. The number of ether oxygens (including phenoxy) is 1. The minimum atomic E-state index is -1.07. The number of aliphatic hydroxyl groups excluding tert-OH is 1. The van der Waals surface area contributed by atoms with Crippen LogP contribution in [0.5, 0.6) is 0 Å². The highest BCUT2D eigenvalue weighted by atomic mass is 16.5. The first kappa shape index (κ1) is 12.7. The van der Waals surface area contributed by atoms with Crippen LogP contribution in [-0.4, -0.2) is 78.0 Å². The average molecular weight is 232 g/mol. The van der Waals surface area contributed by atoms with Crippen molar-refractivity contribution in [2.75, 3.05) is 40.0 Å². The Balaban J connectivity index is 2.59. The molecule has 1 unspecified atom stereocenters. The summed E-state index contributed by atoms with van der Waals surface area (Å²) in [5.74, 6) is -1.07. The maximum atomic E-state index is 11.8. The van der Waals surface area contributed by atoms with Gasteiger partial charge in [-0.2, -0.15) is 0 Å². The molecule has 1 fully saturated rings. The molecule has 0 aromatic carbocycles. The van der Waals surface area contributed by atoms with Crippen LogP contribution in [0.25, 0.3) is 0 Å². The number of aliphatic carboxylic acids is 1. The molecule has 1 heterocycles. The van der Waals surface area contributed by atoms with E-state index in [9.17, 15) is 9.59 Å². The monoisotopic (exact) mass is 232 g/mol. The number of aliphatic hydroxyl groups is 1. The van der Waals surface area contributed by atoms with E-state index in [1.54, 1.807) is 0 Å². The van der Waals surface area contributed by atoms with Crippen LogP contribution in [0.1, 0.15) is 0 Å². The van der Waals surface area contributed by atoms with Gasteiger partial charge in [0.25, 0.3) is 0 Å². The fourth-order valence-electron chi connectivity index (χ4n) is 1.55. The van der Waals surface area contributed by atoms with Crippen LogP contribution in [-0.2, 0) is 9.53 Å². The van der Waals surface area contributed by atoms with Crippen LogP contribution < -0.4 is 0 Å². The summed E-state index contributed by atoms with van der Waals surface area (Å²) in [7, 11) is 1.42. The molecular formula is C9H16N2O5. The Labute approximate surface area is 93.2 Å². The van der Waals surface area contributed by atoms with Crippen molar-refractivity contribution in [3.8, 4) is 0 Å². The summed E-state index contributed by atoms with van der Waals surface area (Å²) in [6, 6.07) is -0.790. The molecule has 92 valence electrons. The van der Waals surface area contributed by atoms with E-state index in [2.05, 4.69) is 0 Å². The van der Waals surface area contributed by atoms with Gasteiger partial charge in [-0.25, -0.2) is 4.79 Å². The van der Waals surface area contributed by atoms with Gasteiger partial charge in [-0.3, -0.25) is 4.79 Å². The maximum Gasteiger partial charge on any atom is 0.323 e. The first-order valence-electron chi connectivity index (χ1n) is 4.98. The van der Waals surface area contributed by atoms with Crippen LogP contribution in [0.3, 0.4) is 0 Å². The normalized spacial score (nSPS) is 20.6. The number of urea groups is 1. The number of likely N-dealkylation sites (N-methyl/N-ethyl adjacent to an activating group) is 1. The molecule has 16 heavy (non-hydrogen) atoms. The lowest BCUT2D eigenvalue weighted by Crippen LogP contribution is -2.54. The summed E-state index contributed by atoms with van der Waals surface area (Å²) in [6.45, 7) is 0.515. The van der Waals surface area contributed by atoms with Gasteiger partial charge in [0.15, 0.2) is 0 Å². The molecule has 0 aromatic heterocycles. The molecular weight excluding hydrogens is 216 g/mol. The van der Waals surface area contributed by atoms with Crippen molar-refractivity contribution in [2.45, 2.75) is 6.04 Å². The summed E-state index contributed by atoms with van der Waals surface area (Å²) in [5.41, 5.74) is 0. The van der Waals surface area contributed by atoms with E-state index in [1.165, 1.54) is 11.9 Å². The van der Waals surface area contributed by atoms with Crippen LogP contribution in [0, 0.1) is 0 Å². The van der Waals surface area contributed by atoms with Gasteiger partial charge >= 0.3 is 12.0 Å². The molecule has 7 heteroatoms. The van der Waals surface area contributed by atoms with Gasteiger partial charge in [0.1, 0.15) is 6.54 Å². The minimum Gasteiger partial charge on any atom is -0.480 e. The van der Waals surface area contributed by atoms with Crippen LogP contribution in [0.2, 0.25) is 0 Å². The Morgan fingerprint density at radius 3 is 2.81 bits per heavy atom. The number of hydrogen-bond acceptors (Lipinski definition) is 4. The Hall–Kier alpha value is -1.34. The molecule has 0 radical (unpaired) electrons. The summed E-state index contributed by atoms with van der Waals surface area (Å²) < 4.78 is 5.13. The van der Waals surface area contributed by atoms with Gasteiger partial charge in [0.05, 0.1) is 25.9 Å². The lowest BCUT2D eigenvalue weighted by Gasteiger charge is -2.36. The third-order valence-corrected chi connectivity index (χ3v) is 2.38. The van der Waals surface area contributed by atoms with E-state index in [-0.39, 0.29) is 19.8 Å². The Morgan fingerprint density at radius 1 is 1.56 bits per heavy atom. The van der Waals surface area contributed by atoms with Gasteiger partial charge < -0.3 is 24.7 Å². The third-order valence-electron chi connectivity index (χ3n) is 2.38. The molecule has 0 aromatic rings. The van der Waals surface area contributed by atoms with Crippen molar-refractivity contribution in [3.05, 3.63) is 0 Å². The van der Waals surface area contributed by atoms with E-state index >= 15 is 0 Å². The van der Waals surface area contributed by atoms with Crippen molar-refractivity contribution in [1.82, 2.24) is 9.80 Å². The molecule has 0 bridgehead atoms. The summed E-state index contributed by atoms with van der Waals surface area (Å²) in [6.07, 6.45) is 0. The molecule has 1 aliphatic heterocycles. The quantitative estimate of drug-likeness (QED) is 0.639. The van der Waals surface area contributed by atoms with E-state index in [0.29, 0.717) is 13.2 Å². The second-order valence-corrected chi connectivity index (χ2v) is 3.64. The van der Waals surface area contributed by atoms with Gasteiger partial charge in [0, 0.05) is 13.6 Å². The molecule has 1 atom stereocenters. The fraction of sp³-hybridized carbons (Fsp3) is 0.778. The van der Waals surface area contributed by atoms with Crippen molar-refractivity contribution in [3.63, 3.8) is 0 Å². The molecule has 0 aliphatic carbocycles. The summed E-state index contributed by atoms with van der Waals surface area (Å²) >= 11 is 0. The molecule has 2 amide bonds. The zero-order valence-electron chi connectivity index (χ0n) is 9.13. The van der Waals surface area contributed by atoms with E-state index in [0.717, 1.165) is 4.90 Å². The highest BCUT2D eigenvalue weighted by Crippen LogP contribution is 2.09. The minimum absolute atomic E-state index is 0.188. The predicted molar refractivity (Wildman–Crippen MR) is 54.1 cm³/mol. The molecule has 0 saturated carbocycles.